The maximum Gasteiger partial charge on any atom is 0.148 e. The molecule has 0 fully saturated rings. The highest BCUT2D eigenvalue weighted by atomic mass is 35.5. The smallest absolute Gasteiger partial charge is 0.148 e. The van der Waals surface area contributed by atoms with Gasteiger partial charge < -0.3 is 20.1 Å². The van der Waals surface area contributed by atoms with Crippen LogP contribution in [0.4, 0.5) is 15.9 Å². The summed E-state index contributed by atoms with van der Waals surface area (Å²) >= 11 is 6.50. The zero-order valence-electron chi connectivity index (χ0n) is 22.4. The van der Waals surface area contributed by atoms with E-state index in [4.69, 9.17) is 21.1 Å². The summed E-state index contributed by atoms with van der Waals surface area (Å²) in [6.07, 6.45) is 7.77. The Labute approximate surface area is 243 Å². The molecule has 1 atom stereocenters. The summed E-state index contributed by atoms with van der Waals surface area (Å²) in [5.41, 5.74) is 2.57. The van der Waals surface area contributed by atoms with E-state index in [1.165, 1.54) is 24.7 Å². The van der Waals surface area contributed by atoms with Crippen LogP contribution in [0, 0.1) is 5.82 Å². The number of hydrogen-bond acceptors (Lipinski definition) is 8. The van der Waals surface area contributed by atoms with Crippen molar-refractivity contribution in [3.63, 3.8) is 0 Å². The van der Waals surface area contributed by atoms with Gasteiger partial charge in [-0.1, -0.05) is 29.8 Å². The van der Waals surface area contributed by atoms with Gasteiger partial charge in [-0.3, -0.25) is 0 Å². The molecule has 0 radical (unpaired) electrons. The Morgan fingerprint density at radius 3 is 2.73 bits per heavy atom. The number of nitrogens with zero attached hydrogens (tertiary/aromatic N) is 2. The molecule has 0 aliphatic carbocycles. The number of fused-ring (bicyclic) bond motifs is 1. The molecule has 3 aromatic carbocycles. The second kappa shape index (κ2) is 12.4. The number of aromatic nitrogens is 2. The second-order valence-corrected chi connectivity index (χ2v) is 12.6. The maximum absolute atomic E-state index is 13.5. The largest absolute Gasteiger partial charge is 0.490 e. The third-order valence-corrected chi connectivity index (χ3v) is 8.07. The Bertz CT molecular complexity index is 1670. The van der Waals surface area contributed by atoms with Crippen LogP contribution in [0.1, 0.15) is 24.0 Å². The molecular weight excluding hydrogens is 567 g/mol. The van der Waals surface area contributed by atoms with Crippen molar-refractivity contribution in [3.8, 4) is 5.75 Å². The highest BCUT2D eigenvalue weighted by molar-refractivity contribution is 7.90. The summed E-state index contributed by atoms with van der Waals surface area (Å²) in [5, 5.41) is 7.76. The number of benzene rings is 3. The molecule has 1 aromatic heterocycles. The van der Waals surface area contributed by atoms with Crippen molar-refractivity contribution in [1.82, 2.24) is 15.3 Å². The standard InChI is InChI=1S/C30H30ClFN4O4S/c1-41(37,38)15-13-33-12-11-30(10-3-14-40-30)22-6-8-27-25(17-22)29(35-20-34-27)36-24-7-9-28(26(31)18-24)39-19-21-4-2-5-23(32)16-21/h2-9,14,16-18,20,33H,10-13,15,19H2,1H3,(H,34,35,36). The first-order valence-corrected chi connectivity index (χ1v) is 15.5. The lowest BCUT2D eigenvalue weighted by Crippen LogP contribution is -2.32. The molecule has 1 unspecified atom stereocenters. The first-order valence-electron chi connectivity index (χ1n) is 13.1. The molecule has 1 aliphatic heterocycles. The number of hydrogen-bond donors (Lipinski definition) is 2. The minimum atomic E-state index is -3.02. The van der Waals surface area contributed by atoms with Gasteiger partial charge in [-0.25, -0.2) is 22.8 Å². The Morgan fingerprint density at radius 2 is 1.98 bits per heavy atom. The molecule has 214 valence electrons. The normalized spacial score (nSPS) is 16.6. The van der Waals surface area contributed by atoms with Crippen molar-refractivity contribution >= 4 is 43.8 Å². The average Bonchev–Trinajstić information content (AvgIpc) is 3.42. The fourth-order valence-electron chi connectivity index (χ4n) is 4.69. The predicted molar refractivity (Wildman–Crippen MR) is 159 cm³/mol. The fraction of sp³-hybridized carbons (Fsp3) is 0.267. The van der Waals surface area contributed by atoms with Gasteiger partial charge in [-0.05, 0) is 66.2 Å². The lowest BCUT2D eigenvalue weighted by Gasteiger charge is -2.30. The molecule has 0 bridgehead atoms. The zero-order chi connectivity index (χ0) is 28.9. The summed E-state index contributed by atoms with van der Waals surface area (Å²) in [4.78, 5) is 8.91. The van der Waals surface area contributed by atoms with Crippen molar-refractivity contribution in [2.75, 3.05) is 30.4 Å². The van der Waals surface area contributed by atoms with Crippen LogP contribution >= 0.6 is 11.6 Å². The number of halogens is 2. The molecule has 2 N–H and O–H groups in total. The lowest BCUT2D eigenvalue weighted by molar-refractivity contribution is 0.0329. The Morgan fingerprint density at radius 1 is 1.10 bits per heavy atom. The molecule has 2 heterocycles. The van der Waals surface area contributed by atoms with Crippen LogP contribution in [0.2, 0.25) is 5.02 Å². The highest BCUT2D eigenvalue weighted by Crippen LogP contribution is 2.40. The van der Waals surface area contributed by atoms with Crippen LogP contribution in [-0.4, -0.2) is 43.5 Å². The first-order chi connectivity index (χ1) is 19.7. The summed E-state index contributed by atoms with van der Waals surface area (Å²) < 4.78 is 48.2. The molecule has 0 spiro atoms. The molecule has 8 nitrogen and oxygen atoms in total. The molecule has 0 saturated heterocycles. The third kappa shape index (κ3) is 7.32. The van der Waals surface area contributed by atoms with Gasteiger partial charge in [0.25, 0.3) is 0 Å². The van der Waals surface area contributed by atoms with E-state index in [1.54, 1.807) is 30.5 Å². The molecular formula is C30H30ClFN4O4S. The Hall–Kier alpha value is -3.73. The van der Waals surface area contributed by atoms with Crippen molar-refractivity contribution in [1.29, 1.82) is 0 Å². The van der Waals surface area contributed by atoms with Gasteiger partial charge in [0.1, 0.15) is 45.8 Å². The van der Waals surface area contributed by atoms with Crippen molar-refractivity contribution in [2.45, 2.75) is 25.0 Å². The Kier molecular flexibility index (Phi) is 8.72. The second-order valence-electron chi connectivity index (χ2n) is 9.96. The highest BCUT2D eigenvalue weighted by Gasteiger charge is 2.35. The summed E-state index contributed by atoms with van der Waals surface area (Å²) in [7, 11) is -3.02. The average molecular weight is 597 g/mol. The number of rotatable bonds is 12. The van der Waals surface area contributed by atoms with E-state index in [2.05, 4.69) is 20.6 Å². The SMILES string of the molecule is CS(=O)(=O)CCNCCC1(c2ccc3ncnc(Nc4ccc(OCc5cccc(F)c5)c(Cl)c4)c3c2)CC=CO1. The van der Waals surface area contributed by atoms with E-state index in [0.29, 0.717) is 53.8 Å². The Balaban J connectivity index is 1.32. The molecule has 11 heteroatoms. The maximum atomic E-state index is 13.5. The van der Waals surface area contributed by atoms with Gasteiger partial charge >= 0.3 is 0 Å². The number of anilines is 2. The monoisotopic (exact) mass is 596 g/mol. The van der Waals surface area contributed by atoms with Crippen LogP contribution in [0.15, 0.2) is 79.3 Å². The third-order valence-electron chi connectivity index (χ3n) is 6.83. The van der Waals surface area contributed by atoms with Crippen LogP contribution in [-0.2, 0) is 26.8 Å². The van der Waals surface area contributed by atoms with Crippen LogP contribution in [0.3, 0.4) is 0 Å². The minimum Gasteiger partial charge on any atom is -0.490 e. The molecule has 0 amide bonds. The van der Waals surface area contributed by atoms with Crippen molar-refractivity contribution in [3.05, 3.63) is 101 Å². The number of nitrogens with one attached hydrogen (secondary N) is 2. The van der Waals surface area contributed by atoms with Crippen LogP contribution in [0.5, 0.6) is 5.75 Å². The lowest BCUT2D eigenvalue weighted by atomic mass is 9.87. The van der Waals surface area contributed by atoms with E-state index >= 15 is 0 Å². The summed E-state index contributed by atoms with van der Waals surface area (Å²) in [6, 6.07) is 17.5. The van der Waals surface area contributed by atoms with Crippen LogP contribution in [0.25, 0.3) is 10.9 Å². The van der Waals surface area contributed by atoms with Gasteiger partial charge in [0, 0.05) is 36.7 Å². The number of sulfone groups is 1. The quantitative estimate of drug-likeness (QED) is 0.195. The van der Waals surface area contributed by atoms with Gasteiger partial charge in [0.15, 0.2) is 0 Å². The van der Waals surface area contributed by atoms with E-state index in [0.717, 1.165) is 16.5 Å². The summed E-state index contributed by atoms with van der Waals surface area (Å²) in [5.74, 6) is 0.855. The van der Waals surface area contributed by atoms with E-state index < -0.39 is 15.4 Å². The van der Waals surface area contributed by atoms with E-state index in [-0.39, 0.29) is 18.2 Å². The zero-order valence-corrected chi connectivity index (χ0v) is 24.0. The van der Waals surface area contributed by atoms with E-state index in [9.17, 15) is 12.8 Å². The first kappa shape index (κ1) is 28.8. The van der Waals surface area contributed by atoms with Crippen molar-refractivity contribution in [2.24, 2.45) is 0 Å². The molecule has 0 saturated carbocycles. The van der Waals surface area contributed by atoms with Gasteiger partial charge in [-0.15, -0.1) is 0 Å². The summed E-state index contributed by atoms with van der Waals surface area (Å²) in [6.45, 7) is 1.17. The van der Waals surface area contributed by atoms with Gasteiger partial charge in [-0.2, -0.15) is 0 Å². The predicted octanol–water partition coefficient (Wildman–Crippen LogP) is 5.90. The fourth-order valence-corrected chi connectivity index (χ4v) is 5.44. The van der Waals surface area contributed by atoms with E-state index in [1.807, 2.05) is 30.3 Å². The number of ether oxygens (including phenoxy) is 2. The molecule has 1 aliphatic rings. The minimum absolute atomic E-state index is 0.0889. The van der Waals surface area contributed by atoms with Crippen LogP contribution < -0.4 is 15.4 Å². The topological polar surface area (TPSA) is 102 Å². The van der Waals surface area contributed by atoms with Gasteiger partial charge in [0.2, 0.25) is 0 Å². The van der Waals surface area contributed by atoms with Gasteiger partial charge in [0.05, 0.1) is 22.6 Å². The molecule has 4 aromatic rings. The van der Waals surface area contributed by atoms with Crippen molar-refractivity contribution < 1.29 is 22.3 Å². The molecule has 5 rings (SSSR count). The molecule has 41 heavy (non-hydrogen) atoms.